The third-order valence-corrected chi connectivity index (χ3v) is 9.82. The summed E-state index contributed by atoms with van der Waals surface area (Å²) in [6, 6.07) is 0. The number of fused-ring (bicyclic) bond motifs is 5. The standard InChI is InChI=1S/C24H38O3/c1-15-13-18(25)14-17-7-9-19-20-10-8-16(5-4-6-22(26)27)23(20,2)12-11-21(19)24(15,17)3/h4-5,15-17,19-22,26-27H,6-14H2,1-3H3/t15?,16?,17?,19-,20-,21+,23+,24-/m0/s1. The van der Waals surface area contributed by atoms with Crippen molar-refractivity contribution in [3.63, 3.8) is 0 Å². The van der Waals surface area contributed by atoms with Crippen molar-refractivity contribution in [1.82, 2.24) is 0 Å². The minimum absolute atomic E-state index is 0.342. The summed E-state index contributed by atoms with van der Waals surface area (Å²) < 4.78 is 0. The van der Waals surface area contributed by atoms with Crippen LogP contribution in [0.2, 0.25) is 0 Å². The molecule has 0 aliphatic heterocycles. The molecule has 0 amide bonds. The molecule has 4 aliphatic carbocycles. The number of Topliss-reactive ketones (excluding diaryl/α,β-unsaturated/α-hetero) is 1. The number of rotatable bonds is 3. The molecule has 27 heavy (non-hydrogen) atoms. The zero-order valence-corrected chi connectivity index (χ0v) is 17.4. The molecule has 0 bridgehead atoms. The van der Waals surface area contributed by atoms with E-state index in [4.69, 9.17) is 10.2 Å². The lowest BCUT2D eigenvalue weighted by atomic mass is 9.43. The Kier molecular flexibility index (Phi) is 5.08. The van der Waals surface area contributed by atoms with Gasteiger partial charge in [0.05, 0.1) is 0 Å². The Morgan fingerprint density at radius 3 is 2.59 bits per heavy atom. The maximum Gasteiger partial charge on any atom is 0.154 e. The highest BCUT2D eigenvalue weighted by Gasteiger charge is 2.61. The Balaban J connectivity index is 1.55. The lowest BCUT2D eigenvalue weighted by Crippen LogP contribution is -2.56. The van der Waals surface area contributed by atoms with E-state index in [2.05, 4.69) is 26.8 Å². The molecule has 4 fully saturated rings. The molecule has 3 heteroatoms. The summed E-state index contributed by atoms with van der Waals surface area (Å²) in [6.07, 6.45) is 12.8. The van der Waals surface area contributed by atoms with Gasteiger partial charge in [0.1, 0.15) is 5.78 Å². The van der Waals surface area contributed by atoms with Crippen LogP contribution in [-0.2, 0) is 4.79 Å². The molecule has 0 aromatic rings. The van der Waals surface area contributed by atoms with Gasteiger partial charge in [-0.15, -0.1) is 0 Å². The molecule has 4 saturated carbocycles. The summed E-state index contributed by atoms with van der Waals surface area (Å²) in [6.45, 7) is 7.39. The van der Waals surface area contributed by atoms with Gasteiger partial charge in [-0.2, -0.15) is 0 Å². The number of ketones is 1. The first-order valence-electron chi connectivity index (χ1n) is 11.3. The molecule has 0 radical (unpaired) electrons. The highest BCUT2D eigenvalue weighted by molar-refractivity contribution is 5.80. The highest BCUT2D eigenvalue weighted by Crippen LogP contribution is 2.68. The first-order valence-corrected chi connectivity index (χ1v) is 11.3. The van der Waals surface area contributed by atoms with Crippen LogP contribution in [0.15, 0.2) is 12.2 Å². The second-order valence-electron chi connectivity index (χ2n) is 10.7. The molecular formula is C24H38O3. The smallest absolute Gasteiger partial charge is 0.154 e. The van der Waals surface area contributed by atoms with Crippen LogP contribution in [0.4, 0.5) is 0 Å². The van der Waals surface area contributed by atoms with E-state index in [1.807, 2.05) is 6.08 Å². The molecule has 3 nitrogen and oxygen atoms in total. The molecule has 3 unspecified atom stereocenters. The van der Waals surface area contributed by atoms with Crippen molar-refractivity contribution < 1.29 is 15.0 Å². The summed E-state index contributed by atoms with van der Waals surface area (Å²) in [7, 11) is 0. The summed E-state index contributed by atoms with van der Waals surface area (Å²) in [5, 5.41) is 18.3. The van der Waals surface area contributed by atoms with Gasteiger partial charge in [0.15, 0.2) is 6.29 Å². The van der Waals surface area contributed by atoms with Gasteiger partial charge < -0.3 is 10.2 Å². The van der Waals surface area contributed by atoms with E-state index in [0.717, 1.165) is 30.6 Å². The van der Waals surface area contributed by atoms with E-state index >= 15 is 0 Å². The number of carbonyl (C=O) groups is 1. The lowest BCUT2D eigenvalue weighted by Gasteiger charge is -2.62. The number of allylic oxidation sites excluding steroid dienone is 1. The Hall–Kier alpha value is -0.670. The van der Waals surface area contributed by atoms with Crippen LogP contribution in [0.1, 0.15) is 78.6 Å². The minimum atomic E-state index is -1.23. The van der Waals surface area contributed by atoms with E-state index in [0.29, 0.717) is 40.8 Å². The fraction of sp³-hybridized carbons (Fsp3) is 0.875. The van der Waals surface area contributed by atoms with E-state index in [1.165, 1.54) is 38.5 Å². The summed E-state index contributed by atoms with van der Waals surface area (Å²) in [4.78, 5) is 12.2. The number of hydrogen-bond acceptors (Lipinski definition) is 3. The fourth-order valence-electron chi connectivity index (χ4n) is 8.20. The third-order valence-electron chi connectivity index (χ3n) is 9.82. The van der Waals surface area contributed by atoms with Gasteiger partial charge in [0.25, 0.3) is 0 Å². The molecule has 152 valence electrons. The highest BCUT2D eigenvalue weighted by atomic mass is 16.5. The predicted octanol–water partition coefficient (Wildman–Crippen LogP) is 4.72. The number of hydrogen-bond donors (Lipinski definition) is 2. The molecule has 4 aliphatic rings. The summed E-state index contributed by atoms with van der Waals surface area (Å²) in [5.74, 6) is 4.64. The number of aliphatic hydroxyl groups is 2. The van der Waals surface area contributed by atoms with E-state index < -0.39 is 6.29 Å². The van der Waals surface area contributed by atoms with Crippen molar-refractivity contribution in [1.29, 1.82) is 0 Å². The Bertz CT molecular complexity index is 611. The van der Waals surface area contributed by atoms with Crippen molar-refractivity contribution in [2.24, 2.45) is 46.3 Å². The molecule has 4 rings (SSSR count). The minimum Gasteiger partial charge on any atom is -0.368 e. The van der Waals surface area contributed by atoms with Gasteiger partial charge in [-0.25, -0.2) is 0 Å². The average molecular weight is 375 g/mol. The molecule has 0 spiro atoms. The Morgan fingerprint density at radius 1 is 1.07 bits per heavy atom. The molecule has 8 atom stereocenters. The van der Waals surface area contributed by atoms with Gasteiger partial charge >= 0.3 is 0 Å². The van der Waals surface area contributed by atoms with Crippen LogP contribution < -0.4 is 0 Å². The SMILES string of the molecule is CC1CC(=O)CC2CC[C@@H]3[C@@H](CC[C@]4(C)C(C=CCC(O)O)CC[C@@H]34)[C@@]12C. The number of aliphatic hydroxyl groups excluding tert-OH is 1. The molecule has 0 saturated heterocycles. The molecule has 0 heterocycles. The zero-order chi connectivity index (χ0) is 19.4. The average Bonchev–Trinajstić information content (AvgIpc) is 2.93. The summed E-state index contributed by atoms with van der Waals surface area (Å²) in [5.41, 5.74) is 0.724. The van der Waals surface area contributed by atoms with Gasteiger partial charge in [0.2, 0.25) is 0 Å². The lowest BCUT2D eigenvalue weighted by molar-refractivity contribution is -0.151. The van der Waals surface area contributed by atoms with Gasteiger partial charge in [0, 0.05) is 19.3 Å². The quantitative estimate of drug-likeness (QED) is 0.555. The largest absolute Gasteiger partial charge is 0.368 e. The maximum atomic E-state index is 12.2. The van der Waals surface area contributed by atoms with Crippen LogP contribution in [0.5, 0.6) is 0 Å². The van der Waals surface area contributed by atoms with Crippen LogP contribution in [-0.4, -0.2) is 22.3 Å². The van der Waals surface area contributed by atoms with Gasteiger partial charge in [-0.1, -0.05) is 32.9 Å². The van der Waals surface area contributed by atoms with Crippen LogP contribution in [0.3, 0.4) is 0 Å². The van der Waals surface area contributed by atoms with E-state index in [1.54, 1.807) is 0 Å². The van der Waals surface area contributed by atoms with E-state index in [-0.39, 0.29) is 0 Å². The van der Waals surface area contributed by atoms with Crippen molar-refractivity contribution in [2.75, 3.05) is 0 Å². The first kappa shape index (κ1) is 19.6. The zero-order valence-electron chi connectivity index (χ0n) is 17.4. The van der Waals surface area contributed by atoms with Crippen molar-refractivity contribution in [3.05, 3.63) is 12.2 Å². The molecular weight excluding hydrogens is 336 g/mol. The summed E-state index contributed by atoms with van der Waals surface area (Å²) >= 11 is 0. The Labute approximate surface area is 164 Å². The van der Waals surface area contributed by atoms with Gasteiger partial charge in [-0.05, 0) is 84.9 Å². The van der Waals surface area contributed by atoms with Crippen molar-refractivity contribution in [3.8, 4) is 0 Å². The monoisotopic (exact) mass is 374 g/mol. The van der Waals surface area contributed by atoms with Crippen LogP contribution in [0, 0.1) is 46.3 Å². The van der Waals surface area contributed by atoms with E-state index in [9.17, 15) is 4.79 Å². The third kappa shape index (κ3) is 3.04. The predicted molar refractivity (Wildman–Crippen MR) is 107 cm³/mol. The van der Waals surface area contributed by atoms with Crippen molar-refractivity contribution in [2.45, 2.75) is 84.8 Å². The molecule has 0 aromatic heterocycles. The second-order valence-corrected chi connectivity index (χ2v) is 10.7. The number of carbonyl (C=O) groups excluding carboxylic acids is 1. The van der Waals surface area contributed by atoms with Crippen LogP contribution in [0.25, 0.3) is 0 Å². The van der Waals surface area contributed by atoms with Gasteiger partial charge in [-0.3, -0.25) is 4.79 Å². The normalized spacial score (nSPS) is 49.9. The Morgan fingerprint density at radius 2 is 1.85 bits per heavy atom. The first-order chi connectivity index (χ1) is 12.8. The molecule has 2 N–H and O–H groups in total. The van der Waals surface area contributed by atoms with Crippen LogP contribution >= 0.6 is 0 Å². The topological polar surface area (TPSA) is 57.5 Å². The maximum absolute atomic E-state index is 12.2. The molecule has 0 aromatic carbocycles. The second kappa shape index (κ2) is 6.99. The van der Waals surface area contributed by atoms with Crippen molar-refractivity contribution >= 4 is 5.78 Å². The fourth-order valence-corrected chi connectivity index (χ4v) is 8.20.